The fraction of sp³-hybridized carbons (Fsp3) is 0.286. The Morgan fingerprint density at radius 3 is 2.87 bits per heavy atom. The van der Waals surface area contributed by atoms with Gasteiger partial charge in [0, 0.05) is 43.4 Å². The van der Waals surface area contributed by atoms with Crippen molar-refractivity contribution in [1.82, 2.24) is 19.7 Å². The lowest BCUT2D eigenvalue weighted by molar-refractivity contribution is -0.677. The van der Waals surface area contributed by atoms with E-state index in [-0.39, 0.29) is 5.84 Å². The number of methoxy groups -OCH3 is 1. The molecule has 10 nitrogen and oxygen atoms in total. The van der Waals surface area contributed by atoms with Gasteiger partial charge in [0.1, 0.15) is 0 Å². The molecule has 0 atom stereocenters. The highest BCUT2D eigenvalue weighted by Crippen LogP contribution is 2.26. The Labute approximate surface area is 180 Å². The zero-order valence-electron chi connectivity index (χ0n) is 17.6. The molecule has 0 fully saturated rings. The van der Waals surface area contributed by atoms with E-state index >= 15 is 0 Å². The monoisotopic (exact) mass is 416 g/mol. The zero-order chi connectivity index (χ0) is 21.8. The van der Waals surface area contributed by atoms with E-state index in [1.165, 1.54) is 4.68 Å². The molecule has 0 amide bonds. The van der Waals surface area contributed by atoms with E-state index < -0.39 is 0 Å². The molecule has 0 unspecified atom stereocenters. The summed E-state index contributed by atoms with van der Waals surface area (Å²) in [5.74, 6) is 1.24. The summed E-state index contributed by atoms with van der Waals surface area (Å²) in [6, 6.07) is 6.08. The molecule has 0 spiro atoms. The number of aromatic nitrogens is 5. The quantitative estimate of drug-likeness (QED) is 0.434. The molecule has 0 bridgehead atoms. The number of hydrogen-bond acceptors (Lipinski definition) is 7. The molecule has 31 heavy (non-hydrogen) atoms. The Hall–Kier alpha value is -3.97. The van der Waals surface area contributed by atoms with Crippen molar-refractivity contribution in [2.24, 2.45) is 10.1 Å². The second-order valence-corrected chi connectivity index (χ2v) is 6.83. The van der Waals surface area contributed by atoms with Gasteiger partial charge in [-0.3, -0.25) is 9.98 Å². The highest BCUT2D eigenvalue weighted by molar-refractivity contribution is 6.50. The number of aliphatic imine (C=N–C) groups is 1. The first kappa shape index (κ1) is 20.3. The van der Waals surface area contributed by atoms with Gasteiger partial charge >= 0.3 is 11.7 Å². The summed E-state index contributed by atoms with van der Waals surface area (Å²) < 4.78 is 8.30. The number of anilines is 1. The van der Waals surface area contributed by atoms with Crippen molar-refractivity contribution < 1.29 is 9.41 Å². The van der Waals surface area contributed by atoms with Gasteiger partial charge in [-0.1, -0.05) is 11.3 Å². The Kier molecular flexibility index (Phi) is 5.77. The first-order valence-corrected chi connectivity index (χ1v) is 9.82. The van der Waals surface area contributed by atoms with Gasteiger partial charge in [-0.25, -0.2) is 4.98 Å². The van der Waals surface area contributed by atoms with Crippen LogP contribution in [0.3, 0.4) is 0 Å². The zero-order valence-corrected chi connectivity index (χ0v) is 17.6. The van der Waals surface area contributed by atoms with Crippen LogP contribution in [0.4, 0.5) is 11.4 Å². The van der Waals surface area contributed by atoms with Gasteiger partial charge in [-0.05, 0) is 42.3 Å². The number of rotatable bonds is 7. The van der Waals surface area contributed by atoms with Crippen LogP contribution in [0.5, 0.6) is 0 Å². The average molecular weight is 416 g/mol. The number of amidine groups is 1. The van der Waals surface area contributed by atoms with Crippen molar-refractivity contribution in [2.45, 2.75) is 13.8 Å². The summed E-state index contributed by atoms with van der Waals surface area (Å²) in [7, 11) is 1.70. The molecule has 10 heteroatoms. The van der Waals surface area contributed by atoms with Crippen molar-refractivity contribution >= 4 is 22.9 Å². The number of likely N-dealkylation sites (N-methyl/N-ethyl adjacent to an activating group) is 1. The molecule has 156 valence electrons. The molecule has 1 aliphatic rings. The lowest BCUT2D eigenvalue weighted by Gasteiger charge is -2.23. The number of ether oxygens (including phenoxy) is 1. The van der Waals surface area contributed by atoms with E-state index in [0.717, 1.165) is 30.0 Å². The number of hydrogen-bond donors (Lipinski definition) is 0. The van der Waals surface area contributed by atoms with E-state index in [2.05, 4.69) is 42.9 Å². The molecule has 0 saturated heterocycles. The molecule has 0 saturated carbocycles. The van der Waals surface area contributed by atoms with E-state index in [1.807, 2.05) is 19.1 Å². The molecule has 2 aromatic heterocycles. The van der Waals surface area contributed by atoms with E-state index in [1.54, 1.807) is 36.7 Å². The molecular weight excluding hydrogens is 394 g/mol. The molecule has 0 N–H and O–H groups in total. The summed E-state index contributed by atoms with van der Waals surface area (Å²) in [5.41, 5.74) is 3.30. The van der Waals surface area contributed by atoms with Crippen LogP contribution >= 0.6 is 0 Å². The van der Waals surface area contributed by atoms with Gasteiger partial charge in [-0.2, -0.15) is 0 Å². The van der Waals surface area contributed by atoms with Crippen LogP contribution in [0.1, 0.15) is 18.3 Å². The maximum Gasteiger partial charge on any atom is 0.361 e. The lowest BCUT2D eigenvalue weighted by atomic mass is 10.1. The van der Waals surface area contributed by atoms with Crippen LogP contribution in [0.25, 0.3) is 10.7 Å². The molecule has 4 rings (SSSR count). The number of aryl methyl sites for hydroxylation is 1. The van der Waals surface area contributed by atoms with E-state index in [9.17, 15) is 0 Å². The smallest absolute Gasteiger partial charge is 0.361 e. The lowest BCUT2D eigenvalue weighted by Crippen LogP contribution is -2.27. The average Bonchev–Trinajstić information content (AvgIpc) is 3.35. The van der Waals surface area contributed by atoms with Gasteiger partial charge < -0.3 is 14.5 Å². The van der Waals surface area contributed by atoms with Crippen LogP contribution in [0.2, 0.25) is 0 Å². The topological polar surface area (TPSA) is 89.0 Å². The van der Waals surface area contributed by atoms with Crippen molar-refractivity contribution in [3.8, 4) is 5.82 Å². The number of nitrogens with zero attached hydrogens (tertiary/aromatic N) is 9. The van der Waals surface area contributed by atoms with Crippen LogP contribution in [-0.4, -0.2) is 58.1 Å². The second kappa shape index (κ2) is 8.81. The van der Waals surface area contributed by atoms with Crippen molar-refractivity contribution in [3.63, 3.8) is 0 Å². The second-order valence-electron chi connectivity index (χ2n) is 6.83. The molecule has 3 heterocycles. The van der Waals surface area contributed by atoms with Crippen LogP contribution in [0.15, 0.2) is 53.2 Å². The predicted molar refractivity (Wildman–Crippen MR) is 116 cm³/mol. The Morgan fingerprint density at radius 1 is 1.32 bits per heavy atom. The SMILES string of the molecule is [C-]#[N+]C1=N[n+]2cn(-c3cnccn3)nc2C1=Nc1ccc(N(CC)CCOC)cc1C. The van der Waals surface area contributed by atoms with Crippen LogP contribution < -0.4 is 9.58 Å². The van der Waals surface area contributed by atoms with E-state index in [0.29, 0.717) is 24.0 Å². The third kappa shape index (κ3) is 4.04. The molecule has 1 aromatic carbocycles. The van der Waals surface area contributed by atoms with Gasteiger partial charge in [0.15, 0.2) is 5.71 Å². The van der Waals surface area contributed by atoms with Crippen LogP contribution in [0, 0.1) is 13.5 Å². The maximum absolute atomic E-state index is 7.49. The van der Waals surface area contributed by atoms with E-state index in [4.69, 9.17) is 16.3 Å². The number of benzene rings is 1. The minimum absolute atomic E-state index is 0.201. The molecular formula is C21H22N9O+. The standard InChI is InChI=1S/C21H22N9O/c1-5-28(10-11-31-4)16-6-7-17(15(2)12-16)25-19-20(22-3)26-30-14-29(27-21(19)30)18-13-23-8-9-24-18/h6-9,12-14H,5,10-11H2,1-2,4H3/q+1. The molecule has 1 aliphatic heterocycles. The van der Waals surface area contributed by atoms with Crippen LogP contribution in [-0.2, 0) is 4.74 Å². The van der Waals surface area contributed by atoms with Crippen molar-refractivity contribution in [3.05, 3.63) is 65.9 Å². The largest absolute Gasteiger partial charge is 0.383 e. The minimum Gasteiger partial charge on any atom is -0.383 e. The van der Waals surface area contributed by atoms with Gasteiger partial charge in [0.05, 0.1) is 23.6 Å². The summed E-state index contributed by atoms with van der Waals surface area (Å²) >= 11 is 0. The minimum atomic E-state index is 0.201. The fourth-order valence-corrected chi connectivity index (χ4v) is 3.26. The first-order valence-electron chi connectivity index (χ1n) is 9.82. The Morgan fingerprint density at radius 2 is 2.19 bits per heavy atom. The summed E-state index contributed by atoms with van der Waals surface area (Å²) in [4.78, 5) is 18.8. The Bertz CT molecular complexity index is 1190. The van der Waals surface area contributed by atoms with Crippen molar-refractivity contribution in [1.29, 1.82) is 0 Å². The normalized spacial score (nSPS) is 13.7. The molecule has 3 aromatic rings. The number of fused-ring (bicyclic) bond motifs is 1. The first-order chi connectivity index (χ1) is 15.1. The van der Waals surface area contributed by atoms with Gasteiger partial charge in [0.2, 0.25) is 5.82 Å². The highest BCUT2D eigenvalue weighted by Gasteiger charge is 2.37. The Balaban J connectivity index is 1.68. The van der Waals surface area contributed by atoms with Gasteiger partial charge in [-0.15, -0.1) is 0 Å². The summed E-state index contributed by atoms with van der Waals surface area (Å²) in [5, 5.41) is 8.84. The maximum atomic E-state index is 7.49. The van der Waals surface area contributed by atoms with Gasteiger partial charge in [0.25, 0.3) is 6.33 Å². The fourth-order valence-electron chi connectivity index (χ4n) is 3.26. The van der Waals surface area contributed by atoms with Crippen molar-refractivity contribution in [2.75, 3.05) is 31.7 Å². The summed E-state index contributed by atoms with van der Waals surface area (Å²) in [6.45, 7) is 14.0. The predicted octanol–water partition coefficient (Wildman–Crippen LogP) is 1.95. The third-order valence-electron chi connectivity index (χ3n) is 4.88. The third-order valence-corrected chi connectivity index (χ3v) is 4.88. The molecule has 0 aliphatic carbocycles. The molecule has 0 radical (unpaired) electrons. The summed E-state index contributed by atoms with van der Waals surface area (Å²) in [6.07, 6.45) is 6.44. The highest BCUT2D eigenvalue weighted by atomic mass is 16.5.